The van der Waals surface area contributed by atoms with E-state index in [9.17, 15) is 0 Å². The fourth-order valence-corrected chi connectivity index (χ4v) is 3.02. The number of thiophene rings is 1. The second-order valence-corrected chi connectivity index (χ2v) is 6.14. The van der Waals surface area contributed by atoms with Crippen LogP contribution >= 0.6 is 27.3 Å². The van der Waals surface area contributed by atoms with E-state index in [0.29, 0.717) is 6.04 Å². The zero-order valence-corrected chi connectivity index (χ0v) is 12.8. The molecule has 98 valence electrons. The third kappa shape index (κ3) is 3.90. The molecule has 2 rings (SSSR count). The number of hydrogen-bond acceptors (Lipinski definition) is 5. The molecule has 0 saturated heterocycles. The molecule has 2 aromatic heterocycles. The van der Waals surface area contributed by atoms with E-state index >= 15 is 0 Å². The van der Waals surface area contributed by atoms with E-state index in [2.05, 4.69) is 49.8 Å². The van der Waals surface area contributed by atoms with Gasteiger partial charge in [-0.1, -0.05) is 5.16 Å². The molecule has 0 aliphatic carbocycles. The summed E-state index contributed by atoms with van der Waals surface area (Å²) >= 11 is 5.19. The van der Waals surface area contributed by atoms with E-state index in [1.54, 1.807) is 11.3 Å². The zero-order valence-electron chi connectivity index (χ0n) is 10.4. The first-order chi connectivity index (χ1) is 8.67. The Kier molecular flexibility index (Phi) is 4.91. The lowest BCUT2D eigenvalue weighted by Crippen LogP contribution is -2.24. The molecule has 1 unspecified atom stereocenters. The summed E-state index contributed by atoms with van der Waals surface area (Å²) in [5.41, 5.74) is 0. The van der Waals surface area contributed by atoms with Crippen molar-refractivity contribution in [1.82, 2.24) is 15.5 Å². The summed E-state index contributed by atoms with van der Waals surface area (Å²) in [6.45, 7) is 2.10. The molecular formula is C12H16BrN3OS. The topological polar surface area (TPSA) is 51.0 Å². The maximum atomic E-state index is 5.24. The molecule has 0 aromatic carbocycles. The number of hydrogen-bond donors (Lipinski definition) is 1. The number of halogens is 1. The lowest BCUT2D eigenvalue weighted by Gasteiger charge is -2.04. The van der Waals surface area contributed by atoms with E-state index < -0.39 is 0 Å². The van der Waals surface area contributed by atoms with Crippen LogP contribution in [-0.4, -0.2) is 23.2 Å². The first-order valence-corrected chi connectivity index (χ1v) is 7.56. The molecule has 0 radical (unpaired) electrons. The molecule has 1 N–H and O–H groups in total. The van der Waals surface area contributed by atoms with Gasteiger partial charge < -0.3 is 9.84 Å². The van der Waals surface area contributed by atoms with Crippen molar-refractivity contribution in [2.45, 2.75) is 32.2 Å². The number of aromatic nitrogens is 2. The van der Waals surface area contributed by atoms with Crippen molar-refractivity contribution >= 4 is 27.3 Å². The van der Waals surface area contributed by atoms with Gasteiger partial charge in [-0.3, -0.25) is 0 Å². The minimum Gasteiger partial charge on any atom is -0.339 e. The molecule has 0 amide bonds. The third-order valence-corrected chi connectivity index (χ3v) is 4.46. The highest BCUT2D eigenvalue weighted by molar-refractivity contribution is 9.10. The van der Waals surface area contributed by atoms with Crippen LogP contribution < -0.4 is 5.32 Å². The summed E-state index contributed by atoms with van der Waals surface area (Å²) in [6, 6.07) is 2.49. The van der Waals surface area contributed by atoms with Crippen molar-refractivity contribution < 1.29 is 4.52 Å². The summed E-state index contributed by atoms with van der Waals surface area (Å²) in [5.74, 6) is 1.50. The zero-order chi connectivity index (χ0) is 13.0. The predicted octanol–water partition coefficient (Wildman–Crippen LogP) is 2.83. The molecule has 1 atom stereocenters. The van der Waals surface area contributed by atoms with Crippen LogP contribution in [0.25, 0.3) is 0 Å². The molecule has 2 heterocycles. The molecule has 6 heteroatoms. The monoisotopic (exact) mass is 329 g/mol. The van der Waals surface area contributed by atoms with E-state index in [1.807, 2.05) is 7.05 Å². The molecule has 4 nitrogen and oxygen atoms in total. The molecular weight excluding hydrogens is 314 g/mol. The molecule has 0 aliphatic rings. The second-order valence-electron chi connectivity index (χ2n) is 4.23. The van der Waals surface area contributed by atoms with Crippen molar-refractivity contribution in [2.24, 2.45) is 0 Å². The van der Waals surface area contributed by atoms with Gasteiger partial charge in [0.15, 0.2) is 5.82 Å². The fraction of sp³-hybridized carbons (Fsp3) is 0.500. The number of rotatable bonds is 6. The summed E-state index contributed by atoms with van der Waals surface area (Å²) < 4.78 is 6.38. The minimum absolute atomic E-state index is 0.365. The first-order valence-electron chi connectivity index (χ1n) is 5.89. The Morgan fingerprint density at radius 3 is 3.00 bits per heavy atom. The first kappa shape index (κ1) is 13.7. The van der Waals surface area contributed by atoms with Gasteiger partial charge in [0.1, 0.15) is 0 Å². The molecule has 18 heavy (non-hydrogen) atoms. The van der Waals surface area contributed by atoms with Gasteiger partial charge in [0.2, 0.25) is 5.89 Å². The van der Waals surface area contributed by atoms with Gasteiger partial charge in [-0.2, -0.15) is 4.98 Å². The van der Waals surface area contributed by atoms with Gasteiger partial charge in [-0.05, 0) is 42.4 Å². The average Bonchev–Trinajstić information content (AvgIpc) is 2.96. The van der Waals surface area contributed by atoms with E-state index in [-0.39, 0.29) is 0 Å². The van der Waals surface area contributed by atoms with Crippen molar-refractivity contribution in [1.29, 1.82) is 0 Å². The number of nitrogens with zero attached hydrogens (tertiary/aromatic N) is 2. The molecule has 2 aromatic rings. The maximum Gasteiger partial charge on any atom is 0.227 e. The molecule has 0 bridgehead atoms. The number of likely N-dealkylation sites (N-methyl/N-ethyl adjacent to an activating group) is 1. The average molecular weight is 330 g/mol. The predicted molar refractivity (Wildman–Crippen MR) is 76.0 cm³/mol. The highest BCUT2D eigenvalue weighted by Gasteiger charge is 2.09. The Hall–Kier alpha value is -0.720. The molecule has 0 fully saturated rings. The van der Waals surface area contributed by atoms with Gasteiger partial charge in [-0.15, -0.1) is 11.3 Å². The normalized spacial score (nSPS) is 12.8. The van der Waals surface area contributed by atoms with Crippen LogP contribution in [0.3, 0.4) is 0 Å². The standard InChI is InChI=1S/C12H16BrN3OS/c1-8(14-2)5-11-15-12(17-16-11)4-3-10-6-9(13)7-18-10/h6-8,14H,3-5H2,1-2H3. The third-order valence-electron chi connectivity index (χ3n) is 2.70. The Labute approximate surface area is 119 Å². The largest absolute Gasteiger partial charge is 0.339 e. The van der Waals surface area contributed by atoms with Crippen molar-refractivity contribution in [2.75, 3.05) is 7.05 Å². The maximum absolute atomic E-state index is 5.24. The number of nitrogens with one attached hydrogen (secondary N) is 1. The van der Waals surface area contributed by atoms with Gasteiger partial charge in [0.05, 0.1) is 0 Å². The van der Waals surface area contributed by atoms with Crippen molar-refractivity contribution in [3.05, 3.63) is 32.5 Å². The van der Waals surface area contributed by atoms with Crippen LogP contribution in [0.4, 0.5) is 0 Å². The van der Waals surface area contributed by atoms with Crippen LogP contribution in [0.2, 0.25) is 0 Å². The van der Waals surface area contributed by atoms with Gasteiger partial charge in [-0.25, -0.2) is 0 Å². The van der Waals surface area contributed by atoms with Crippen LogP contribution in [0.1, 0.15) is 23.5 Å². The summed E-state index contributed by atoms with van der Waals surface area (Å²) in [7, 11) is 1.93. The van der Waals surface area contributed by atoms with E-state index in [0.717, 1.165) is 35.5 Å². The van der Waals surface area contributed by atoms with Crippen LogP contribution in [0, 0.1) is 0 Å². The highest BCUT2D eigenvalue weighted by atomic mass is 79.9. The Morgan fingerprint density at radius 2 is 2.33 bits per heavy atom. The van der Waals surface area contributed by atoms with Gasteiger partial charge in [0, 0.05) is 33.6 Å². The van der Waals surface area contributed by atoms with Crippen LogP contribution in [-0.2, 0) is 19.3 Å². The summed E-state index contributed by atoms with van der Waals surface area (Å²) in [6.07, 6.45) is 2.54. The van der Waals surface area contributed by atoms with Crippen LogP contribution in [0.5, 0.6) is 0 Å². The molecule has 0 aliphatic heterocycles. The fourth-order valence-electron chi connectivity index (χ4n) is 1.57. The van der Waals surface area contributed by atoms with Crippen LogP contribution in [0.15, 0.2) is 20.4 Å². The lowest BCUT2D eigenvalue weighted by molar-refractivity contribution is 0.371. The highest BCUT2D eigenvalue weighted by Crippen LogP contribution is 2.21. The Balaban J connectivity index is 1.86. The Morgan fingerprint density at radius 1 is 1.50 bits per heavy atom. The molecule has 0 spiro atoms. The van der Waals surface area contributed by atoms with Gasteiger partial charge in [0.25, 0.3) is 0 Å². The summed E-state index contributed by atoms with van der Waals surface area (Å²) in [4.78, 5) is 5.72. The lowest BCUT2D eigenvalue weighted by atomic mass is 10.2. The Bertz CT molecular complexity index is 497. The number of aryl methyl sites for hydroxylation is 2. The molecule has 0 saturated carbocycles. The SMILES string of the molecule is CNC(C)Cc1noc(CCc2cc(Br)cs2)n1. The van der Waals surface area contributed by atoms with E-state index in [4.69, 9.17) is 4.52 Å². The van der Waals surface area contributed by atoms with Gasteiger partial charge >= 0.3 is 0 Å². The van der Waals surface area contributed by atoms with Crippen molar-refractivity contribution in [3.8, 4) is 0 Å². The van der Waals surface area contributed by atoms with E-state index in [1.165, 1.54) is 4.88 Å². The van der Waals surface area contributed by atoms with Crippen molar-refractivity contribution in [3.63, 3.8) is 0 Å². The smallest absolute Gasteiger partial charge is 0.227 e. The quantitative estimate of drug-likeness (QED) is 0.885. The minimum atomic E-state index is 0.365. The summed E-state index contributed by atoms with van der Waals surface area (Å²) in [5, 5.41) is 9.23. The second kappa shape index (κ2) is 6.45.